The summed E-state index contributed by atoms with van der Waals surface area (Å²) in [5, 5.41) is 3.45. The molecule has 0 saturated carbocycles. The molecule has 1 saturated heterocycles. The molecular formula is C22H17BrCl2N2O4S. The Labute approximate surface area is 208 Å². The van der Waals surface area contributed by atoms with E-state index in [0.717, 1.165) is 5.56 Å². The van der Waals surface area contributed by atoms with Crippen molar-refractivity contribution in [3.05, 3.63) is 74.2 Å². The van der Waals surface area contributed by atoms with Crippen molar-refractivity contribution in [2.75, 3.05) is 13.7 Å². The first-order valence-electron chi connectivity index (χ1n) is 9.19. The highest BCUT2D eigenvalue weighted by molar-refractivity contribution is 9.10. The predicted octanol–water partition coefficient (Wildman–Crippen LogP) is 5.16. The van der Waals surface area contributed by atoms with Crippen molar-refractivity contribution in [2.45, 2.75) is 6.61 Å². The number of thiocarbonyl (C=S) groups is 1. The Morgan fingerprint density at radius 2 is 1.94 bits per heavy atom. The molecule has 0 aromatic heterocycles. The first-order valence-corrected chi connectivity index (χ1v) is 11.1. The number of hydrogen-bond donors (Lipinski definition) is 1. The molecule has 0 unspecified atom stereocenters. The van der Waals surface area contributed by atoms with Crippen molar-refractivity contribution in [3.63, 3.8) is 0 Å². The van der Waals surface area contributed by atoms with Gasteiger partial charge >= 0.3 is 0 Å². The number of hydrogen-bond acceptors (Lipinski definition) is 5. The largest absolute Gasteiger partial charge is 0.493 e. The fourth-order valence-corrected chi connectivity index (χ4v) is 3.88. The first kappa shape index (κ1) is 24.3. The molecular weight excluding hydrogens is 539 g/mol. The van der Waals surface area contributed by atoms with E-state index in [1.165, 1.54) is 24.2 Å². The smallest absolute Gasteiger partial charge is 0.265 e. The third-order valence-corrected chi connectivity index (χ3v) is 6.21. The molecule has 0 bridgehead atoms. The molecule has 1 N–H and O–H groups in total. The molecule has 2 aromatic rings. The average Bonchev–Trinajstić information content (AvgIpc) is 2.76. The molecule has 2 amide bonds. The minimum atomic E-state index is -0.578. The Bertz CT molecular complexity index is 1150. The standard InChI is InChI=1S/C22H17BrCl2N2O4S/c1-3-6-27-21(29)14(20(28)26-22(27)32)8-13-9-18(30-2)19(10-15(13)23)31-11-12-4-5-16(24)17(25)7-12/h3-5,7-10H,1,6,11H2,2H3,(H,26,28,32)/b14-8+. The number of nitrogens with zero attached hydrogens (tertiary/aromatic N) is 1. The van der Waals surface area contributed by atoms with Crippen LogP contribution in [0.2, 0.25) is 10.0 Å². The molecule has 0 aliphatic carbocycles. The molecule has 0 radical (unpaired) electrons. The fourth-order valence-electron chi connectivity index (χ4n) is 2.87. The summed E-state index contributed by atoms with van der Waals surface area (Å²) in [6, 6.07) is 8.57. The molecule has 0 spiro atoms. The van der Waals surface area contributed by atoms with Crippen LogP contribution in [0.25, 0.3) is 6.08 Å². The van der Waals surface area contributed by atoms with Crippen LogP contribution in [0.15, 0.2) is 53.0 Å². The zero-order valence-electron chi connectivity index (χ0n) is 16.8. The van der Waals surface area contributed by atoms with Gasteiger partial charge in [0.25, 0.3) is 11.8 Å². The number of rotatable bonds is 7. The molecule has 32 heavy (non-hydrogen) atoms. The summed E-state index contributed by atoms with van der Waals surface area (Å²) in [7, 11) is 1.49. The number of nitrogens with one attached hydrogen (secondary N) is 1. The summed E-state index contributed by atoms with van der Waals surface area (Å²) in [6.45, 7) is 4.02. The third kappa shape index (κ3) is 5.32. The predicted molar refractivity (Wildman–Crippen MR) is 132 cm³/mol. The first-order chi connectivity index (χ1) is 15.2. The van der Waals surface area contributed by atoms with Crippen molar-refractivity contribution < 1.29 is 19.1 Å². The minimum absolute atomic E-state index is 0.0414. The normalized spacial score (nSPS) is 15.1. The highest BCUT2D eigenvalue weighted by atomic mass is 79.9. The third-order valence-electron chi connectivity index (χ3n) is 4.46. The van der Waals surface area contributed by atoms with Crippen molar-refractivity contribution in [2.24, 2.45) is 0 Å². The monoisotopic (exact) mass is 554 g/mol. The van der Waals surface area contributed by atoms with Crippen LogP contribution in [0.5, 0.6) is 11.5 Å². The van der Waals surface area contributed by atoms with Crippen LogP contribution in [-0.2, 0) is 16.2 Å². The molecule has 1 aliphatic rings. The Morgan fingerprint density at radius 3 is 2.59 bits per heavy atom. The van der Waals surface area contributed by atoms with Crippen molar-refractivity contribution in [1.82, 2.24) is 10.2 Å². The van der Waals surface area contributed by atoms with Crippen LogP contribution < -0.4 is 14.8 Å². The van der Waals surface area contributed by atoms with Gasteiger partial charge in [0.2, 0.25) is 0 Å². The van der Waals surface area contributed by atoms with Gasteiger partial charge in [-0.25, -0.2) is 0 Å². The van der Waals surface area contributed by atoms with Crippen LogP contribution in [-0.4, -0.2) is 35.5 Å². The zero-order valence-corrected chi connectivity index (χ0v) is 20.7. The lowest BCUT2D eigenvalue weighted by molar-refractivity contribution is -0.128. The average molecular weight is 556 g/mol. The molecule has 1 aliphatic heterocycles. The van der Waals surface area contributed by atoms with Gasteiger partial charge in [-0.1, -0.05) is 51.3 Å². The van der Waals surface area contributed by atoms with Gasteiger partial charge in [0.1, 0.15) is 12.2 Å². The second-order valence-corrected chi connectivity index (χ2v) is 8.64. The Balaban J connectivity index is 1.89. The summed E-state index contributed by atoms with van der Waals surface area (Å²) in [5.41, 5.74) is 1.31. The van der Waals surface area contributed by atoms with Gasteiger partial charge in [-0.05, 0) is 53.7 Å². The number of methoxy groups -OCH3 is 1. The molecule has 3 rings (SSSR count). The number of ether oxygens (including phenoxy) is 2. The minimum Gasteiger partial charge on any atom is -0.493 e. The molecule has 1 fully saturated rings. The topological polar surface area (TPSA) is 67.9 Å². The lowest BCUT2D eigenvalue weighted by Crippen LogP contribution is -2.53. The molecule has 2 aromatic carbocycles. The van der Waals surface area contributed by atoms with E-state index in [2.05, 4.69) is 27.8 Å². The molecule has 6 nitrogen and oxygen atoms in total. The summed E-state index contributed by atoms with van der Waals surface area (Å²) in [5.74, 6) is -0.209. The number of halogens is 3. The maximum Gasteiger partial charge on any atom is 0.265 e. The molecule has 1 heterocycles. The maximum absolute atomic E-state index is 12.8. The van der Waals surface area contributed by atoms with Crippen LogP contribution in [0.3, 0.4) is 0 Å². The lowest BCUT2D eigenvalue weighted by atomic mass is 10.1. The second kappa shape index (κ2) is 10.5. The maximum atomic E-state index is 12.8. The number of benzene rings is 2. The van der Waals surface area contributed by atoms with Crippen molar-refractivity contribution >= 4 is 74.4 Å². The van der Waals surface area contributed by atoms with Gasteiger partial charge < -0.3 is 9.47 Å². The van der Waals surface area contributed by atoms with Gasteiger partial charge in [-0.3, -0.25) is 19.8 Å². The van der Waals surface area contributed by atoms with E-state index in [1.54, 1.807) is 30.3 Å². The van der Waals surface area contributed by atoms with Gasteiger partial charge in [0.15, 0.2) is 16.6 Å². The number of carbonyl (C=O) groups excluding carboxylic acids is 2. The Hall–Kier alpha value is -2.39. The summed E-state index contributed by atoms with van der Waals surface area (Å²) >= 11 is 20.5. The number of carbonyl (C=O) groups is 2. The fraction of sp³-hybridized carbons (Fsp3) is 0.136. The van der Waals surface area contributed by atoms with E-state index in [-0.39, 0.29) is 23.8 Å². The molecule has 166 valence electrons. The van der Waals surface area contributed by atoms with E-state index in [1.807, 2.05) is 0 Å². The second-order valence-electron chi connectivity index (χ2n) is 6.58. The highest BCUT2D eigenvalue weighted by Gasteiger charge is 2.32. The summed E-state index contributed by atoms with van der Waals surface area (Å²) in [4.78, 5) is 26.4. The van der Waals surface area contributed by atoms with E-state index < -0.39 is 11.8 Å². The SMILES string of the molecule is C=CCN1C(=O)/C(=C/c2cc(OC)c(OCc3ccc(Cl)c(Cl)c3)cc2Br)C(=O)NC1=S. The van der Waals surface area contributed by atoms with E-state index in [0.29, 0.717) is 31.6 Å². The molecule has 10 heteroatoms. The molecule has 0 atom stereocenters. The lowest BCUT2D eigenvalue weighted by Gasteiger charge is -2.27. The Kier molecular flexibility index (Phi) is 7.95. The van der Waals surface area contributed by atoms with Crippen LogP contribution >= 0.6 is 51.3 Å². The van der Waals surface area contributed by atoms with Crippen LogP contribution in [0.4, 0.5) is 0 Å². The van der Waals surface area contributed by atoms with E-state index >= 15 is 0 Å². The van der Waals surface area contributed by atoms with Gasteiger partial charge in [0, 0.05) is 11.0 Å². The quantitative estimate of drug-likeness (QED) is 0.221. The van der Waals surface area contributed by atoms with Crippen molar-refractivity contribution in [3.8, 4) is 11.5 Å². The van der Waals surface area contributed by atoms with Gasteiger partial charge in [-0.2, -0.15) is 0 Å². The van der Waals surface area contributed by atoms with E-state index in [9.17, 15) is 9.59 Å². The summed E-state index contributed by atoms with van der Waals surface area (Å²) in [6.07, 6.45) is 2.99. The van der Waals surface area contributed by atoms with Crippen molar-refractivity contribution in [1.29, 1.82) is 0 Å². The van der Waals surface area contributed by atoms with Gasteiger partial charge in [-0.15, -0.1) is 6.58 Å². The number of amides is 2. The van der Waals surface area contributed by atoms with E-state index in [4.69, 9.17) is 44.9 Å². The van der Waals surface area contributed by atoms with Crippen LogP contribution in [0.1, 0.15) is 11.1 Å². The summed E-state index contributed by atoms with van der Waals surface area (Å²) < 4.78 is 11.9. The van der Waals surface area contributed by atoms with Gasteiger partial charge in [0.05, 0.1) is 17.2 Å². The Morgan fingerprint density at radius 1 is 1.19 bits per heavy atom. The highest BCUT2D eigenvalue weighted by Crippen LogP contribution is 2.35. The zero-order chi connectivity index (χ0) is 23.4. The van der Waals surface area contributed by atoms with Crippen LogP contribution in [0, 0.1) is 0 Å².